The van der Waals surface area contributed by atoms with Crippen LogP contribution in [0.4, 0.5) is 5.69 Å². The van der Waals surface area contributed by atoms with Crippen molar-refractivity contribution in [1.82, 2.24) is 0 Å². The van der Waals surface area contributed by atoms with Gasteiger partial charge in [-0.3, -0.25) is 0 Å². The van der Waals surface area contributed by atoms with Crippen LogP contribution in [0.5, 0.6) is 5.75 Å². The average molecular weight is 277 g/mol. The highest BCUT2D eigenvalue weighted by Gasteiger charge is 2.03. The normalized spacial score (nSPS) is 9.48. The maximum absolute atomic E-state index is 8.90. The van der Waals surface area contributed by atoms with Crippen molar-refractivity contribution in [1.29, 1.82) is 10.5 Å². The third kappa shape index (κ3) is 3.99. The predicted octanol–water partition coefficient (Wildman–Crippen LogP) is 2.95. The molecule has 21 heavy (non-hydrogen) atoms. The molecule has 0 bridgehead atoms. The number of benzene rings is 2. The van der Waals surface area contributed by atoms with Gasteiger partial charge in [0.25, 0.3) is 0 Å². The maximum Gasteiger partial charge on any atom is 0.120 e. The van der Waals surface area contributed by atoms with Crippen molar-refractivity contribution in [2.24, 2.45) is 0 Å². The minimum absolute atomic E-state index is 0.502. The molecule has 0 aliphatic carbocycles. The first-order chi connectivity index (χ1) is 10.2. The van der Waals surface area contributed by atoms with Crippen LogP contribution in [0.25, 0.3) is 0 Å². The smallest absolute Gasteiger partial charge is 0.120 e. The summed E-state index contributed by atoms with van der Waals surface area (Å²) in [5.41, 5.74) is 2.20. The van der Waals surface area contributed by atoms with E-state index in [0.29, 0.717) is 30.0 Å². The van der Waals surface area contributed by atoms with Gasteiger partial charge in [0, 0.05) is 12.7 Å². The van der Waals surface area contributed by atoms with E-state index in [9.17, 15) is 0 Å². The number of nitriles is 2. The molecule has 2 rings (SSSR count). The number of rotatable bonds is 5. The first kappa shape index (κ1) is 14.4. The van der Waals surface area contributed by atoms with Crippen LogP contribution in [-0.2, 0) is 0 Å². The number of anilines is 1. The van der Waals surface area contributed by atoms with Crippen LogP contribution in [0.3, 0.4) is 0 Å². The fraction of sp³-hybridized carbons (Fsp3) is 0.176. The van der Waals surface area contributed by atoms with Crippen LogP contribution in [-0.4, -0.2) is 20.2 Å². The minimum Gasteiger partial charge on any atom is -0.492 e. The van der Waals surface area contributed by atoms with E-state index in [1.807, 2.05) is 36.2 Å². The van der Waals surface area contributed by atoms with E-state index in [1.54, 1.807) is 24.3 Å². The zero-order chi connectivity index (χ0) is 15.1. The minimum atomic E-state index is 0.502. The van der Waals surface area contributed by atoms with E-state index >= 15 is 0 Å². The molecule has 0 radical (unpaired) electrons. The van der Waals surface area contributed by atoms with E-state index in [0.717, 1.165) is 5.69 Å². The summed E-state index contributed by atoms with van der Waals surface area (Å²) >= 11 is 0. The Kier molecular flexibility index (Phi) is 4.79. The van der Waals surface area contributed by atoms with Gasteiger partial charge in [-0.15, -0.1) is 0 Å². The number of nitrogens with zero attached hydrogens (tertiary/aromatic N) is 3. The lowest BCUT2D eigenvalue weighted by Crippen LogP contribution is -2.23. The maximum atomic E-state index is 8.90. The zero-order valence-corrected chi connectivity index (χ0v) is 11.8. The molecule has 0 amide bonds. The van der Waals surface area contributed by atoms with Gasteiger partial charge in [0.1, 0.15) is 12.4 Å². The molecule has 2 aromatic carbocycles. The monoisotopic (exact) mass is 277 g/mol. The lowest BCUT2D eigenvalue weighted by Gasteiger charge is -2.19. The van der Waals surface area contributed by atoms with Gasteiger partial charge in [0.2, 0.25) is 0 Å². The summed E-state index contributed by atoms with van der Waals surface area (Å²) < 4.78 is 5.64. The Labute approximate surface area is 124 Å². The summed E-state index contributed by atoms with van der Waals surface area (Å²) in [6, 6.07) is 18.7. The van der Waals surface area contributed by atoms with E-state index in [-0.39, 0.29) is 0 Å². The van der Waals surface area contributed by atoms with Gasteiger partial charge < -0.3 is 9.64 Å². The van der Waals surface area contributed by atoms with Crippen molar-refractivity contribution < 1.29 is 4.74 Å². The molecule has 0 saturated carbocycles. The van der Waals surface area contributed by atoms with Crippen LogP contribution in [0.2, 0.25) is 0 Å². The molecule has 0 unspecified atom stereocenters. The predicted molar refractivity (Wildman–Crippen MR) is 81.1 cm³/mol. The van der Waals surface area contributed by atoms with Crippen molar-refractivity contribution in [2.45, 2.75) is 0 Å². The van der Waals surface area contributed by atoms with E-state index in [2.05, 4.69) is 12.1 Å². The number of hydrogen-bond acceptors (Lipinski definition) is 4. The van der Waals surface area contributed by atoms with Crippen LogP contribution >= 0.6 is 0 Å². The first-order valence-electron chi connectivity index (χ1n) is 6.57. The summed E-state index contributed by atoms with van der Waals surface area (Å²) in [5, 5.41) is 17.7. The van der Waals surface area contributed by atoms with E-state index in [4.69, 9.17) is 15.3 Å². The molecule has 0 fully saturated rings. The molecule has 0 N–H and O–H groups in total. The second-order valence-corrected chi connectivity index (χ2v) is 4.57. The van der Waals surface area contributed by atoms with Crippen molar-refractivity contribution in [3.05, 3.63) is 59.7 Å². The summed E-state index contributed by atoms with van der Waals surface area (Å²) in [6.45, 7) is 1.19. The molecule has 4 nitrogen and oxygen atoms in total. The van der Waals surface area contributed by atoms with Gasteiger partial charge >= 0.3 is 0 Å². The Morgan fingerprint density at radius 1 is 1.00 bits per heavy atom. The summed E-state index contributed by atoms with van der Waals surface area (Å²) in [6.07, 6.45) is 0. The Hall–Kier alpha value is -2.98. The largest absolute Gasteiger partial charge is 0.492 e. The Morgan fingerprint density at radius 2 is 1.67 bits per heavy atom. The molecule has 0 saturated heterocycles. The van der Waals surface area contributed by atoms with Gasteiger partial charge in [0.15, 0.2) is 0 Å². The van der Waals surface area contributed by atoms with Crippen molar-refractivity contribution in [3.8, 4) is 17.9 Å². The molecule has 0 atom stereocenters. The van der Waals surface area contributed by atoms with Gasteiger partial charge in [0.05, 0.1) is 29.8 Å². The topological polar surface area (TPSA) is 60.0 Å². The number of hydrogen-bond donors (Lipinski definition) is 0. The van der Waals surface area contributed by atoms with Crippen LogP contribution in [0.1, 0.15) is 11.1 Å². The van der Waals surface area contributed by atoms with Gasteiger partial charge in [-0.25, -0.2) is 0 Å². The quantitative estimate of drug-likeness (QED) is 0.843. The van der Waals surface area contributed by atoms with Crippen LogP contribution in [0.15, 0.2) is 48.5 Å². The van der Waals surface area contributed by atoms with Gasteiger partial charge in [-0.05, 0) is 36.4 Å². The molecule has 0 spiro atoms. The fourth-order valence-corrected chi connectivity index (χ4v) is 1.90. The van der Waals surface area contributed by atoms with Gasteiger partial charge in [-0.1, -0.05) is 12.1 Å². The molecule has 2 aromatic rings. The van der Waals surface area contributed by atoms with Crippen LogP contribution < -0.4 is 9.64 Å². The first-order valence-corrected chi connectivity index (χ1v) is 6.57. The van der Waals surface area contributed by atoms with Crippen molar-refractivity contribution in [2.75, 3.05) is 25.1 Å². The second-order valence-electron chi connectivity index (χ2n) is 4.57. The Balaban J connectivity index is 1.90. The Morgan fingerprint density at radius 3 is 2.38 bits per heavy atom. The standard InChI is InChI=1S/C17H15N3O/c1-20(16-6-2-4-14(10-16)12-18)8-9-21-17-7-3-5-15(11-17)13-19/h2-7,10-11H,8-9H2,1H3. The SMILES string of the molecule is CN(CCOc1cccc(C#N)c1)c1cccc(C#N)c1. The van der Waals surface area contributed by atoms with Gasteiger partial charge in [-0.2, -0.15) is 10.5 Å². The molecule has 104 valence electrons. The summed E-state index contributed by atoms with van der Waals surface area (Å²) in [4.78, 5) is 2.02. The highest BCUT2D eigenvalue weighted by atomic mass is 16.5. The van der Waals surface area contributed by atoms with E-state index in [1.165, 1.54) is 0 Å². The molecule has 4 heteroatoms. The zero-order valence-electron chi connectivity index (χ0n) is 11.8. The number of ether oxygens (including phenoxy) is 1. The average Bonchev–Trinajstić information content (AvgIpc) is 2.55. The third-order valence-electron chi connectivity index (χ3n) is 3.07. The highest BCUT2D eigenvalue weighted by Crippen LogP contribution is 2.15. The van der Waals surface area contributed by atoms with Crippen LogP contribution in [0, 0.1) is 22.7 Å². The van der Waals surface area contributed by atoms with Crippen molar-refractivity contribution in [3.63, 3.8) is 0 Å². The molecular weight excluding hydrogens is 262 g/mol. The van der Waals surface area contributed by atoms with E-state index < -0.39 is 0 Å². The summed E-state index contributed by atoms with van der Waals surface area (Å²) in [7, 11) is 1.95. The second kappa shape index (κ2) is 6.98. The highest BCUT2D eigenvalue weighted by molar-refractivity contribution is 5.50. The number of likely N-dealkylation sites (N-methyl/N-ethyl adjacent to an activating group) is 1. The molecular formula is C17H15N3O. The lowest BCUT2D eigenvalue weighted by atomic mass is 10.2. The van der Waals surface area contributed by atoms with Crippen molar-refractivity contribution >= 4 is 5.69 Å². The molecule has 0 aromatic heterocycles. The molecule has 0 aliphatic rings. The molecule has 0 aliphatic heterocycles. The third-order valence-corrected chi connectivity index (χ3v) is 3.07. The fourth-order valence-electron chi connectivity index (χ4n) is 1.90. The Bertz CT molecular complexity index is 698. The summed E-state index contributed by atoms with van der Waals surface area (Å²) in [5.74, 6) is 0.688. The molecule has 0 heterocycles. The lowest BCUT2D eigenvalue weighted by molar-refractivity contribution is 0.326.